The van der Waals surface area contributed by atoms with Crippen LogP contribution in [0.5, 0.6) is 0 Å². The molecule has 7 heteroatoms. The van der Waals surface area contributed by atoms with Crippen molar-refractivity contribution in [1.82, 2.24) is 19.0 Å². The average Bonchev–Trinajstić information content (AvgIpc) is 2.72. The molecule has 3 aliphatic heterocycles. The highest BCUT2D eigenvalue weighted by Crippen LogP contribution is 2.33. The first-order valence-electron chi connectivity index (χ1n) is 7.53. The van der Waals surface area contributed by atoms with Gasteiger partial charge in [-0.2, -0.15) is 9.40 Å². The zero-order valence-corrected chi connectivity index (χ0v) is 14.0. The third-order valence-electron chi connectivity index (χ3n) is 5.17. The second kappa shape index (κ2) is 5.07. The molecule has 0 aliphatic carbocycles. The van der Waals surface area contributed by atoms with Gasteiger partial charge in [0.25, 0.3) is 0 Å². The van der Waals surface area contributed by atoms with Gasteiger partial charge in [0.2, 0.25) is 10.0 Å². The first-order valence-corrected chi connectivity index (χ1v) is 8.97. The maximum atomic E-state index is 13.0. The summed E-state index contributed by atoms with van der Waals surface area (Å²) in [6.45, 7) is 6.67. The molecular formula is C14H24N4O2S. The molecular weight excluding hydrogens is 288 g/mol. The van der Waals surface area contributed by atoms with E-state index in [9.17, 15) is 8.42 Å². The Balaban J connectivity index is 1.94. The zero-order chi connectivity index (χ0) is 15.4. The molecule has 2 bridgehead atoms. The van der Waals surface area contributed by atoms with Crippen molar-refractivity contribution >= 4 is 10.0 Å². The lowest BCUT2D eigenvalue weighted by atomic mass is 9.84. The maximum absolute atomic E-state index is 13.0. The summed E-state index contributed by atoms with van der Waals surface area (Å²) in [5.74, 6) is 0.493. The number of hydrogen-bond donors (Lipinski definition) is 0. The third-order valence-corrected chi connectivity index (χ3v) is 7.30. The van der Waals surface area contributed by atoms with Gasteiger partial charge < -0.3 is 4.90 Å². The summed E-state index contributed by atoms with van der Waals surface area (Å²) in [7, 11) is 0.0389. The van der Waals surface area contributed by atoms with Crippen molar-refractivity contribution in [2.24, 2.45) is 13.0 Å². The predicted octanol–water partition coefficient (Wildman–Crippen LogP) is 0.752. The number of rotatable bonds is 3. The Morgan fingerprint density at radius 2 is 1.86 bits per heavy atom. The molecule has 21 heavy (non-hydrogen) atoms. The molecule has 0 spiro atoms. The van der Waals surface area contributed by atoms with Crippen LogP contribution in [0.3, 0.4) is 0 Å². The molecule has 1 aromatic heterocycles. The number of aromatic nitrogens is 2. The number of piperidine rings is 3. The summed E-state index contributed by atoms with van der Waals surface area (Å²) in [4.78, 5) is 2.75. The van der Waals surface area contributed by atoms with Crippen LogP contribution in [0.1, 0.15) is 24.2 Å². The predicted molar refractivity (Wildman–Crippen MR) is 80.6 cm³/mol. The Kier molecular flexibility index (Phi) is 3.62. The van der Waals surface area contributed by atoms with Crippen LogP contribution in [-0.4, -0.2) is 60.1 Å². The number of sulfonamides is 1. The summed E-state index contributed by atoms with van der Waals surface area (Å²) >= 11 is 0. The zero-order valence-electron chi connectivity index (χ0n) is 13.2. The van der Waals surface area contributed by atoms with E-state index in [2.05, 4.69) is 10.00 Å². The topological polar surface area (TPSA) is 58.4 Å². The summed E-state index contributed by atoms with van der Waals surface area (Å²) in [5, 5.41) is 4.25. The molecule has 0 unspecified atom stereocenters. The van der Waals surface area contributed by atoms with Gasteiger partial charge in [0.1, 0.15) is 4.90 Å². The maximum Gasteiger partial charge on any atom is 0.246 e. The van der Waals surface area contributed by atoms with Crippen LogP contribution in [0.15, 0.2) is 4.90 Å². The van der Waals surface area contributed by atoms with E-state index in [0.29, 0.717) is 22.2 Å². The molecule has 1 atom stereocenters. The quantitative estimate of drug-likeness (QED) is 0.826. The number of aryl methyl sites for hydroxylation is 2. The van der Waals surface area contributed by atoms with Crippen LogP contribution in [-0.2, 0) is 17.1 Å². The molecule has 0 saturated carbocycles. The van der Waals surface area contributed by atoms with E-state index in [1.54, 1.807) is 30.0 Å². The second-order valence-electron chi connectivity index (χ2n) is 6.35. The molecule has 118 valence electrons. The van der Waals surface area contributed by atoms with E-state index in [-0.39, 0.29) is 6.04 Å². The first-order chi connectivity index (χ1) is 9.82. The Hall–Kier alpha value is -0.920. The molecule has 0 amide bonds. The molecule has 3 saturated heterocycles. The highest BCUT2D eigenvalue weighted by Gasteiger charge is 2.41. The van der Waals surface area contributed by atoms with E-state index < -0.39 is 10.0 Å². The summed E-state index contributed by atoms with van der Waals surface area (Å²) in [5.41, 5.74) is 1.30. The number of hydrogen-bond acceptors (Lipinski definition) is 4. The van der Waals surface area contributed by atoms with Crippen molar-refractivity contribution in [3.63, 3.8) is 0 Å². The van der Waals surface area contributed by atoms with E-state index >= 15 is 0 Å². The standard InChI is InChI=1S/C14H24N4O2S/c1-10-14(11(2)16(3)15-10)21(19,20)17(4)13-9-18-7-5-12(13)6-8-18/h12-13H,5-9H2,1-4H3/t13-/m0/s1. The smallest absolute Gasteiger partial charge is 0.246 e. The van der Waals surface area contributed by atoms with Crippen molar-refractivity contribution < 1.29 is 8.42 Å². The lowest BCUT2D eigenvalue weighted by Gasteiger charge is -2.47. The van der Waals surface area contributed by atoms with Gasteiger partial charge in [-0.1, -0.05) is 0 Å². The molecule has 3 aliphatic rings. The molecule has 6 nitrogen and oxygen atoms in total. The van der Waals surface area contributed by atoms with Crippen molar-refractivity contribution in [2.45, 2.75) is 37.6 Å². The van der Waals surface area contributed by atoms with Crippen LogP contribution in [0, 0.1) is 19.8 Å². The van der Waals surface area contributed by atoms with Gasteiger partial charge in [0.05, 0.1) is 11.4 Å². The third kappa shape index (κ3) is 2.31. The fourth-order valence-electron chi connectivity index (χ4n) is 3.80. The van der Waals surface area contributed by atoms with Crippen LogP contribution in [0.25, 0.3) is 0 Å². The fraction of sp³-hybridized carbons (Fsp3) is 0.786. The lowest BCUT2D eigenvalue weighted by Crippen LogP contribution is -2.57. The van der Waals surface area contributed by atoms with Crippen LogP contribution < -0.4 is 0 Å². The van der Waals surface area contributed by atoms with Crippen LogP contribution in [0.4, 0.5) is 0 Å². The van der Waals surface area contributed by atoms with E-state index in [0.717, 1.165) is 32.5 Å². The minimum absolute atomic E-state index is 0.0940. The number of fused-ring (bicyclic) bond motifs is 3. The Morgan fingerprint density at radius 3 is 2.29 bits per heavy atom. The van der Waals surface area contributed by atoms with Gasteiger partial charge in [-0.15, -0.1) is 0 Å². The Bertz CT molecular complexity index is 644. The molecule has 0 N–H and O–H groups in total. The molecule has 4 heterocycles. The van der Waals surface area contributed by atoms with Gasteiger partial charge in [-0.3, -0.25) is 4.68 Å². The normalized spacial score (nSPS) is 29.3. The SMILES string of the molecule is Cc1nn(C)c(C)c1S(=O)(=O)N(C)[C@H]1CN2CCC1CC2. The number of likely N-dealkylation sites (N-methyl/N-ethyl adjacent to an activating group) is 1. The Labute approximate surface area is 126 Å². The highest BCUT2D eigenvalue weighted by molar-refractivity contribution is 7.89. The van der Waals surface area contributed by atoms with E-state index in [1.165, 1.54) is 0 Å². The molecule has 0 radical (unpaired) electrons. The molecule has 0 aromatic carbocycles. The lowest BCUT2D eigenvalue weighted by molar-refractivity contribution is 0.0465. The molecule has 3 fully saturated rings. The number of nitrogens with zero attached hydrogens (tertiary/aromatic N) is 4. The minimum atomic E-state index is -3.48. The van der Waals surface area contributed by atoms with Gasteiger partial charge in [-0.05, 0) is 45.7 Å². The average molecular weight is 312 g/mol. The largest absolute Gasteiger partial charge is 0.302 e. The van der Waals surface area contributed by atoms with Crippen LogP contribution in [0.2, 0.25) is 0 Å². The second-order valence-corrected chi connectivity index (χ2v) is 8.28. The van der Waals surface area contributed by atoms with Crippen molar-refractivity contribution in [3.8, 4) is 0 Å². The summed E-state index contributed by atoms with van der Waals surface area (Å²) < 4.78 is 29.3. The molecule has 1 aromatic rings. The first kappa shape index (κ1) is 15.0. The van der Waals surface area contributed by atoms with Crippen molar-refractivity contribution in [1.29, 1.82) is 0 Å². The van der Waals surface area contributed by atoms with Crippen LogP contribution >= 0.6 is 0 Å². The molecule has 4 rings (SSSR count). The monoisotopic (exact) mass is 312 g/mol. The van der Waals surface area contributed by atoms with Gasteiger partial charge in [-0.25, -0.2) is 8.42 Å². The summed E-state index contributed by atoms with van der Waals surface area (Å²) in [6, 6.07) is 0.0940. The van der Waals surface area contributed by atoms with Gasteiger partial charge in [0, 0.05) is 26.7 Å². The van der Waals surface area contributed by atoms with E-state index in [4.69, 9.17) is 0 Å². The fourth-order valence-corrected chi connectivity index (χ4v) is 5.60. The van der Waals surface area contributed by atoms with Gasteiger partial charge >= 0.3 is 0 Å². The van der Waals surface area contributed by atoms with E-state index in [1.807, 2.05) is 6.92 Å². The highest BCUT2D eigenvalue weighted by atomic mass is 32.2. The van der Waals surface area contributed by atoms with Gasteiger partial charge in [0.15, 0.2) is 0 Å². The minimum Gasteiger partial charge on any atom is -0.302 e. The van der Waals surface area contributed by atoms with Crippen molar-refractivity contribution in [3.05, 3.63) is 11.4 Å². The summed E-state index contributed by atoms with van der Waals surface area (Å²) in [6.07, 6.45) is 2.21. The Morgan fingerprint density at radius 1 is 1.24 bits per heavy atom. The van der Waals surface area contributed by atoms with Crippen molar-refractivity contribution in [2.75, 3.05) is 26.7 Å².